The molecule has 0 saturated carbocycles. The van der Waals surface area contributed by atoms with Crippen LogP contribution in [-0.2, 0) is 11.3 Å². The van der Waals surface area contributed by atoms with Gasteiger partial charge in [-0.3, -0.25) is 14.0 Å². The largest absolute Gasteiger partial charge is 0.338 e. The molecule has 0 radical (unpaired) electrons. The van der Waals surface area contributed by atoms with Gasteiger partial charge in [0, 0.05) is 18.0 Å². The van der Waals surface area contributed by atoms with Gasteiger partial charge >= 0.3 is 0 Å². The molecule has 1 saturated heterocycles. The highest BCUT2D eigenvalue weighted by Crippen LogP contribution is 2.23. The summed E-state index contributed by atoms with van der Waals surface area (Å²) in [5.74, 6) is -0.0236. The van der Waals surface area contributed by atoms with Crippen LogP contribution < -0.4 is 5.56 Å². The quantitative estimate of drug-likeness (QED) is 0.723. The van der Waals surface area contributed by atoms with E-state index in [9.17, 15) is 9.59 Å². The van der Waals surface area contributed by atoms with E-state index in [0.717, 1.165) is 36.0 Å². The minimum absolute atomic E-state index is 0.0124. The SMILES string of the molecule is C[C@@H]1CCCCN1C(=O)Cn1ncn2c(cc3ccsc32)c1=O. The molecule has 23 heavy (non-hydrogen) atoms. The fourth-order valence-electron chi connectivity index (χ4n) is 3.32. The molecular weight excluding hydrogens is 312 g/mol. The number of amides is 1. The van der Waals surface area contributed by atoms with E-state index in [4.69, 9.17) is 0 Å². The molecule has 1 aliphatic rings. The lowest BCUT2D eigenvalue weighted by Gasteiger charge is -2.33. The molecule has 1 aliphatic heterocycles. The molecule has 7 heteroatoms. The van der Waals surface area contributed by atoms with Crippen molar-refractivity contribution < 1.29 is 4.79 Å². The zero-order valence-electron chi connectivity index (χ0n) is 12.9. The maximum Gasteiger partial charge on any atom is 0.291 e. The van der Waals surface area contributed by atoms with Gasteiger partial charge < -0.3 is 4.90 Å². The van der Waals surface area contributed by atoms with Gasteiger partial charge in [0.25, 0.3) is 5.56 Å². The van der Waals surface area contributed by atoms with Crippen molar-refractivity contribution in [1.29, 1.82) is 0 Å². The van der Waals surface area contributed by atoms with Crippen LogP contribution in [0, 0.1) is 0 Å². The maximum absolute atomic E-state index is 12.6. The summed E-state index contributed by atoms with van der Waals surface area (Å²) in [5.41, 5.74) is 0.357. The highest BCUT2D eigenvalue weighted by atomic mass is 32.1. The Bertz CT molecular complexity index is 939. The minimum Gasteiger partial charge on any atom is -0.338 e. The molecule has 4 heterocycles. The van der Waals surface area contributed by atoms with Crippen LogP contribution >= 0.6 is 11.3 Å². The van der Waals surface area contributed by atoms with Gasteiger partial charge in [-0.05, 0) is 43.7 Å². The summed E-state index contributed by atoms with van der Waals surface area (Å²) in [6.45, 7) is 2.86. The Morgan fingerprint density at radius 1 is 1.43 bits per heavy atom. The van der Waals surface area contributed by atoms with Gasteiger partial charge in [-0.1, -0.05) is 0 Å². The topological polar surface area (TPSA) is 59.6 Å². The van der Waals surface area contributed by atoms with E-state index in [2.05, 4.69) is 12.0 Å². The van der Waals surface area contributed by atoms with E-state index >= 15 is 0 Å². The number of fused-ring (bicyclic) bond motifs is 3. The van der Waals surface area contributed by atoms with Crippen LogP contribution in [0.15, 0.2) is 28.6 Å². The second kappa shape index (κ2) is 5.49. The van der Waals surface area contributed by atoms with E-state index in [0.29, 0.717) is 5.52 Å². The average molecular weight is 330 g/mol. The predicted molar refractivity (Wildman–Crippen MR) is 89.9 cm³/mol. The Labute approximate surface area is 136 Å². The van der Waals surface area contributed by atoms with E-state index in [-0.39, 0.29) is 24.1 Å². The lowest BCUT2D eigenvalue weighted by atomic mass is 10.0. The first-order valence-corrected chi connectivity index (χ1v) is 8.77. The van der Waals surface area contributed by atoms with Crippen molar-refractivity contribution in [2.45, 2.75) is 38.8 Å². The van der Waals surface area contributed by atoms with Crippen LogP contribution in [0.1, 0.15) is 26.2 Å². The number of nitrogens with zero attached hydrogens (tertiary/aromatic N) is 4. The van der Waals surface area contributed by atoms with Crippen molar-refractivity contribution in [3.8, 4) is 0 Å². The van der Waals surface area contributed by atoms with Crippen molar-refractivity contribution in [3.05, 3.63) is 34.2 Å². The molecule has 0 aliphatic carbocycles. The first kappa shape index (κ1) is 14.4. The summed E-state index contributed by atoms with van der Waals surface area (Å²) in [5, 5.41) is 7.21. The first-order chi connectivity index (χ1) is 11.1. The van der Waals surface area contributed by atoms with Crippen molar-refractivity contribution in [1.82, 2.24) is 19.1 Å². The minimum atomic E-state index is -0.214. The number of carbonyl (C=O) groups excluding carboxylic acids is 1. The third kappa shape index (κ3) is 2.35. The summed E-state index contributed by atoms with van der Waals surface area (Å²) in [6.07, 6.45) is 4.85. The Morgan fingerprint density at radius 3 is 3.13 bits per heavy atom. The van der Waals surface area contributed by atoms with Crippen molar-refractivity contribution in [3.63, 3.8) is 0 Å². The standard InChI is InChI=1S/C16H18N4O2S/c1-11-4-2-3-6-18(11)14(21)9-20-15(22)13-8-12-5-7-23-16(12)19(13)10-17-20/h5,7-8,10-11H,2-4,6,9H2,1H3/t11-/m1/s1. The zero-order chi connectivity index (χ0) is 16.0. The molecule has 0 N–H and O–H groups in total. The molecular formula is C16H18N4O2S. The number of hydrogen-bond donors (Lipinski definition) is 0. The van der Waals surface area contributed by atoms with Gasteiger partial charge in [-0.15, -0.1) is 11.3 Å². The smallest absolute Gasteiger partial charge is 0.291 e. The van der Waals surface area contributed by atoms with Crippen molar-refractivity contribution in [2.75, 3.05) is 6.54 Å². The van der Waals surface area contributed by atoms with E-state index in [1.165, 1.54) is 4.68 Å². The predicted octanol–water partition coefficient (Wildman–Crippen LogP) is 2.11. The van der Waals surface area contributed by atoms with E-state index in [1.54, 1.807) is 22.1 Å². The zero-order valence-corrected chi connectivity index (χ0v) is 13.8. The highest BCUT2D eigenvalue weighted by molar-refractivity contribution is 7.16. The van der Waals surface area contributed by atoms with Gasteiger partial charge in [0.1, 0.15) is 23.2 Å². The van der Waals surface area contributed by atoms with Crippen LogP contribution in [0.2, 0.25) is 0 Å². The number of hydrogen-bond acceptors (Lipinski definition) is 4. The highest BCUT2D eigenvalue weighted by Gasteiger charge is 2.24. The molecule has 120 valence electrons. The molecule has 6 nitrogen and oxygen atoms in total. The Kier molecular flexibility index (Phi) is 3.45. The molecule has 3 aromatic heterocycles. The first-order valence-electron chi connectivity index (χ1n) is 7.89. The van der Waals surface area contributed by atoms with Crippen LogP contribution in [-0.4, -0.2) is 37.6 Å². The summed E-state index contributed by atoms with van der Waals surface area (Å²) in [6, 6.07) is 4.09. The van der Waals surface area contributed by atoms with Crippen molar-refractivity contribution >= 4 is 33.0 Å². The lowest BCUT2D eigenvalue weighted by Crippen LogP contribution is -2.45. The van der Waals surface area contributed by atoms with Crippen LogP contribution in [0.25, 0.3) is 15.7 Å². The molecule has 1 fully saturated rings. The summed E-state index contributed by atoms with van der Waals surface area (Å²) in [7, 11) is 0. The number of thiophene rings is 1. The number of rotatable bonds is 2. The van der Waals surface area contributed by atoms with E-state index in [1.807, 2.05) is 22.4 Å². The number of piperidine rings is 1. The second-order valence-electron chi connectivity index (χ2n) is 6.11. The third-order valence-electron chi connectivity index (χ3n) is 4.61. The van der Waals surface area contributed by atoms with Gasteiger partial charge in [0.05, 0.1) is 0 Å². The average Bonchev–Trinajstić information content (AvgIpc) is 3.12. The summed E-state index contributed by atoms with van der Waals surface area (Å²) < 4.78 is 3.08. The van der Waals surface area contributed by atoms with Crippen LogP contribution in [0.3, 0.4) is 0 Å². The maximum atomic E-state index is 12.6. The van der Waals surface area contributed by atoms with Crippen LogP contribution in [0.5, 0.6) is 0 Å². The molecule has 0 aromatic carbocycles. The van der Waals surface area contributed by atoms with Gasteiger partial charge in [-0.2, -0.15) is 5.10 Å². The van der Waals surface area contributed by atoms with Crippen molar-refractivity contribution in [2.24, 2.45) is 0 Å². The normalized spacial score (nSPS) is 18.8. The van der Waals surface area contributed by atoms with E-state index < -0.39 is 0 Å². The molecule has 1 amide bonds. The number of likely N-dealkylation sites (tertiary alicyclic amines) is 1. The van der Waals surface area contributed by atoms with Gasteiger partial charge in [0.2, 0.25) is 5.91 Å². The Balaban J connectivity index is 1.67. The second-order valence-corrected chi connectivity index (χ2v) is 7.00. The summed E-state index contributed by atoms with van der Waals surface area (Å²) >= 11 is 1.57. The molecule has 0 spiro atoms. The lowest BCUT2D eigenvalue weighted by molar-refractivity contribution is -0.135. The number of carbonyl (C=O) groups is 1. The fourth-order valence-corrected chi connectivity index (χ4v) is 4.19. The van der Waals surface area contributed by atoms with Crippen LogP contribution in [0.4, 0.5) is 0 Å². The molecule has 1 atom stereocenters. The van der Waals surface area contributed by atoms with Gasteiger partial charge in [-0.25, -0.2) is 4.68 Å². The molecule has 4 rings (SSSR count). The number of aromatic nitrogens is 3. The molecule has 3 aromatic rings. The monoisotopic (exact) mass is 330 g/mol. The Morgan fingerprint density at radius 2 is 2.30 bits per heavy atom. The third-order valence-corrected chi connectivity index (χ3v) is 5.54. The molecule has 0 unspecified atom stereocenters. The van der Waals surface area contributed by atoms with Gasteiger partial charge in [0.15, 0.2) is 0 Å². The Hall–Kier alpha value is -2.15. The fraction of sp³-hybridized carbons (Fsp3) is 0.438. The molecule has 0 bridgehead atoms. The summed E-state index contributed by atoms with van der Waals surface area (Å²) in [4.78, 5) is 28.0.